The number of hydrogen-bond donors (Lipinski definition) is 1. The second-order valence-corrected chi connectivity index (χ2v) is 7.35. The molecule has 0 unspecified atom stereocenters. The molecule has 2 fully saturated rings. The molecule has 2 aromatic rings. The first-order chi connectivity index (χ1) is 11.9. The van der Waals surface area contributed by atoms with E-state index in [-0.39, 0.29) is 28.9 Å². The van der Waals surface area contributed by atoms with Gasteiger partial charge < -0.3 is 9.67 Å². The molecule has 1 aliphatic carbocycles. The fraction of sp³-hybridized carbons (Fsp3) is 0.438. The monoisotopic (exact) mass is 369 g/mol. The Bertz CT molecular complexity index is 883. The minimum absolute atomic E-state index is 0.00711. The number of amides is 1. The van der Waals surface area contributed by atoms with Gasteiger partial charge in [0.25, 0.3) is 5.91 Å². The van der Waals surface area contributed by atoms with Gasteiger partial charge in [-0.25, -0.2) is 0 Å². The van der Waals surface area contributed by atoms with Crippen molar-refractivity contribution in [3.63, 3.8) is 0 Å². The Labute approximate surface area is 144 Å². The summed E-state index contributed by atoms with van der Waals surface area (Å²) in [5, 5.41) is 18.1. The highest BCUT2D eigenvalue weighted by Gasteiger charge is 2.34. The summed E-state index contributed by atoms with van der Waals surface area (Å²) in [5.74, 6) is 0.734. The van der Waals surface area contributed by atoms with E-state index in [0.29, 0.717) is 5.52 Å². The van der Waals surface area contributed by atoms with Crippen molar-refractivity contribution < 1.29 is 23.1 Å². The van der Waals surface area contributed by atoms with Gasteiger partial charge in [-0.1, -0.05) is 0 Å². The standard InChI is InChI=1S/C16H14F3N3O2S/c17-16(18,19)9-3-4-12-11(5-9)13(20-21-14(23)8-1-2-8)15(24)22(12)10-6-25-7-10/h3-5,8,10,24H,1-2,6-7H2. The lowest BCUT2D eigenvalue weighted by atomic mass is 10.1. The number of carbonyl (C=O) groups is 1. The summed E-state index contributed by atoms with van der Waals surface area (Å²) in [4.78, 5) is 11.7. The maximum absolute atomic E-state index is 13.0. The van der Waals surface area contributed by atoms with E-state index in [1.54, 1.807) is 16.3 Å². The van der Waals surface area contributed by atoms with Crippen LogP contribution in [0.1, 0.15) is 24.4 Å². The first-order valence-corrected chi connectivity index (χ1v) is 8.99. The van der Waals surface area contributed by atoms with Crippen LogP contribution in [0.15, 0.2) is 28.4 Å². The average molecular weight is 369 g/mol. The van der Waals surface area contributed by atoms with Crippen molar-refractivity contribution in [3.05, 3.63) is 23.8 Å². The number of fused-ring (bicyclic) bond motifs is 1. The number of aromatic hydroxyl groups is 1. The fourth-order valence-electron chi connectivity index (χ4n) is 2.81. The van der Waals surface area contributed by atoms with Gasteiger partial charge in [0.05, 0.1) is 17.1 Å². The number of nitrogens with zero attached hydrogens (tertiary/aromatic N) is 3. The lowest BCUT2D eigenvalue weighted by Gasteiger charge is -2.27. The van der Waals surface area contributed by atoms with Crippen LogP contribution in [0.2, 0.25) is 0 Å². The highest BCUT2D eigenvalue weighted by molar-refractivity contribution is 8.00. The van der Waals surface area contributed by atoms with Gasteiger partial charge in [0, 0.05) is 22.8 Å². The van der Waals surface area contributed by atoms with Crippen LogP contribution in [0, 0.1) is 5.92 Å². The van der Waals surface area contributed by atoms with E-state index in [4.69, 9.17) is 0 Å². The highest BCUT2D eigenvalue weighted by atomic mass is 32.2. The molecule has 5 nitrogen and oxygen atoms in total. The summed E-state index contributed by atoms with van der Waals surface area (Å²) >= 11 is 1.68. The van der Waals surface area contributed by atoms with E-state index in [0.717, 1.165) is 36.5 Å². The molecular formula is C16H14F3N3O2S. The van der Waals surface area contributed by atoms with Gasteiger partial charge in [-0.05, 0) is 31.0 Å². The summed E-state index contributed by atoms with van der Waals surface area (Å²) < 4.78 is 40.7. The number of hydrogen-bond acceptors (Lipinski definition) is 4. The zero-order valence-electron chi connectivity index (χ0n) is 13.0. The SMILES string of the molecule is O=C(N=Nc1c(O)n(C2CSC2)c2ccc(C(F)(F)F)cc12)C1CC1. The number of benzene rings is 1. The number of rotatable bonds is 3. The van der Waals surface area contributed by atoms with Gasteiger partial charge in [0.1, 0.15) is 0 Å². The molecule has 1 N–H and O–H groups in total. The van der Waals surface area contributed by atoms with Crippen molar-refractivity contribution in [2.45, 2.75) is 25.1 Å². The van der Waals surface area contributed by atoms with Crippen LogP contribution in [0.5, 0.6) is 5.88 Å². The summed E-state index contributed by atoms with van der Waals surface area (Å²) in [5.41, 5.74) is -0.444. The minimum atomic E-state index is -4.50. The van der Waals surface area contributed by atoms with Crippen molar-refractivity contribution in [1.29, 1.82) is 0 Å². The summed E-state index contributed by atoms with van der Waals surface area (Å²) in [6.07, 6.45) is -3.00. The van der Waals surface area contributed by atoms with Gasteiger partial charge >= 0.3 is 6.18 Å². The molecule has 9 heteroatoms. The molecule has 0 radical (unpaired) electrons. The highest BCUT2D eigenvalue weighted by Crippen LogP contribution is 2.46. The Balaban J connectivity index is 1.85. The van der Waals surface area contributed by atoms with Crippen LogP contribution < -0.4 is 0 Å². The molecule has 1 saturated carbocycles. The van der Waals surface area contributed by atoms with E-state index in [9.17, 15) is 23.1 Å². The van der Waals surface area contributed by atoms with Gasteiger partial charge in [-0.2, -0.15) is 24.9 Å². The predicted octanol–water partition coefficient (Wildman–Crippen LogP) is 4.67. The molecule has 1 saturated heterocycles. The lowest BCUT2D eigenvalue weighted by molar-refractivity contribution is -0.137. The maximum atomic E-state index is 13.0. The van der Waals surface area contributed by atoms with Crippen LogP contribution in [0.3, 0.4) is 0 Å². The van der Waals surface area contributed by atoms with Crippen molar-refractivity contribution in [2.75, 3.05) is 11.5 Å². The largest absolute Gasteiger partial charge is 0.493 e. The zero-order chi connectivity index (χ0) is 17.8. The summed E-state index contributed by atoms with van der Waals surface area (Å²) in [6, 6.07) is 3.27. The van der Waals surface area contributed by atoms with E-state index in [1.807, 2.05) is 0 Å². The third-order valence-corrected chi connectivity index (χ3v) is 5.68. The van der Waals surface area contributed by atoms with Gasteiger partial charge in [-0.15, -0.1) is 10.2 Å². The Kier molecular flexibility index (Phi) is 3.78. The van der Waals surface area contributed by atoms with Crippen LogP contribution in [-0.2, 0) is 11.0 Å². The first-order valence-electron chi connectivity index (χ1n) is 7.83. The topological polar surface area (TPSA) is 66.9 Å². The van der Waals surface area contributed by atoms with Crippen molar-refractivity contribution in [2.24, 2.45) is 16.1 Å². The average Bonchev–Trinajstić information content (AvgIpc) is 3.31. The third-order valence-electron chi connectivity index (χ3n) is 4.44. The Hall–Kier alpha value is -2.03. The normalized spacial score (nSPS) is 18.8. The maximum Gasteiger partial charge on any atom is 0.416 e. The van der Waals surface area contributed by atoms with Crippen LogP contribution in [0.4, 0.5) is 18.9 Å². The second-order valence-electron chi connectivity index (χ2n) is 6.28. The van der Waals surface area contributed by atoms with Crippen LogP contribution in [-0.4, -0.2) is 27.1 Å². The summed E-state index contributed by atoms with van der Waals surface area (Å²) in [6.45, 7) is 0. The molecule has 4 rings (SSSR count). The Morgan fingerprint density at radius 1 is 1.28 bits per heavy atom. The number of azo groups is 1. The molecule has 1 amide bonds. The van der Waals surface area contributed by atoms with E-state index >= 15 is 0 Å². The quantitative estimate of drug-likeness (QED) is 0.799. The molecule has 0 spiro atoms. The molecule has 1 aliphatic heterocycles. The number of alkyl halides is 3. The van der Waals surface area contributed by atoms with Crippen LogP contribution >= 0.6 is 11.8 Å². The molecule has 132 valence electrons. The second kappa shape index (κ2) is 5.76. The smallest absolute Gasteiger partial charge is 0.416 e. The molecule has 2 aliphatic rings. The van der Waals surface area contributed by atoms with Gasteiger partial charge in [0.15, 0.2) is 5.69 Å². The Morgan fingerprint density at radius 2 is 2.00 bits per heavy atom. The molecule has 0 atom stereocenters. The number of thioether (sulfide) groups is 1. The number of aromatic nitrogens is 1. The number of carbonyl (C=O) groups excluding carboxylic acids is 1. The number of halogens is 3. The van der Waals surface area contributed by atoms with E-state index < -0.39 is 17.6 Å². The zero-order valence-corrected chi connectivity index (χ0v) is 13.8. The molecular weight excluding hydrogens is 355 g/mol. The van der Waals surface area contributed by atoms with Crippen molar-refractivity contribution >= 4 is 34.3 Å². The van der Waals surface area contributed by atoms with Gasteiger partial charge in [0.2, 0.25) is 5.88 Å². The minimum Gasteiger partial charge on any atom is -0.493 e. The van der Waals surface area contributed by atoms with Gasteiger partial charge in [-0.3, -0.25) is 4.79 Å². The molecule has 1 aromatic carbocycles. The molecule has 0 bridgehead atoms. The predicted molar refractivity (Wildman–Crippen MR) is 87.2 cm³/mol. The Morgan fingerprint density at radius 3 is 2.56 bits per heavy atom. The lowest BCUT2D eigenvalue weighted by Crippen LogP contribution is -2.22. The van der Waals surface area contributed by atoms with Crippen molar-refractivity contribution in [1.82, 2.24) is 4.57 Å². The fourth-order valence-corrected chi connectivity index (χ4v) is 3.56. The molecule has 25 heavy (non-hydrogen) atoms. The van der Waals surface area contributed by atoms with Crippen LogP contribution in [0.25, 0.3) is 10.9 Å². The summed E-state index contributed by atoms with van der Waals surface area (Å²) in [7, 11) is 0. The third kappa shape index (κ3) is 2.90. The first kappa shape index (κ1) is 16.4. The van der Waals surface area contributed by atoms with E-state index in [2.05, 4.69) is 10.2 Å². The van der Waals surface area contributed by atoms with E-state index in [1.165, 1.54) is 6.07 Å². The molecule has 2 heterocycles. The molecule has 1 aromatic heterocycles. The van der Waals surface area contributed by atoms with Crippen molar-refractivity contribution in [3.8, 4) is 5.88 Å².